The number of ether oxygens (including phenoxy) is 11. The third kappa shape index (κ3) is 17.4. The average Bonchev–Trinajstić information content (AvgIpc) is 0.708. The molecule has 0 aliphatic carbocycles. The quantitative estimate of drug-likeness (QED) is 0.0216. The van der Waals surface area contributed by atoms with Crippen molar-refractivity contribution in [2.24, 2.45) is 0 Å². The second-order valence-corrected chi connectivity index (χ2v) is 29.7. The Bertz CT molecular complexity index is 5790. The summed E-state index contributed by atoms with van der Waals surface area (Å²) in [7, 11) is 0. The zero-order valence-corrected chi connectivity index (χ0v) is 64.7. The van der Waals surface area contributed by atoms with Crippen molar-refractivity contribution in [3.8, 4) is 86.2 Å². The molecular formula is C101H86O18. The summed E-state index contributed by atoms with van der Waals surface area (Å²) < 4.78 is 75.9. The molecule has 7 N–H and O–H groups in total. The van der Waals surface area contributed by atoms with Gasteiger partial charge in [0.05, 0.1) is 17.9 Å². The predicted molar refractivity (Wildman–Crippen MR) is 447 cm³/mol. The first-order chi connectivity index (χ1) is 58.4. The number of hydrogen-bond acceptors (Lipinski definition) is 18. The molecule has 18 nitrogen and oxygen atoms in total. The summed E-state index contributed by atoms with van der Waals surface area (Å²) in [5, 5.41) is 92.4. The molecule has 3 heterocycles. The molecule has 14 aromatic rings. The van der Waals surface area contributed by atoms with Crippen LogP contribution in [-0.2, 0) is 59.3 Å². The van der Waals surface area contributed by atoms with Gasteiger partial charge in [-0.2, -0.15) is 0 Å². The van der Waals surface area contributed by atoms with Gasteiger partial charge in [0, 0.05) is 58.5 Å². The molecule has 8 unspecified atom stereocenters. The van der Waals surface area contributed by atoms with Gasteiger partial charge in [-0.1, -0.05) is 261 Å². The largest absolute Gasteiger partial charge is 0.507 e. The Morgan fingerprint density at radius 3 is 0.924 bits per heavy atom. The second kappa shape index (κ2) is 35.6. The Morgan fingerprint density at radius 1 is 0.261 bits per heavy atom. The van der Waals surface area contributed by atoms with Crippen LogP contribution in [0.1, 0.15) is 119 Å². The molecule has 17 rings (SSSR count). The van der Waals surface area contributed by atoms with Crippen LogP contribution >= 0.6 is 0 Å². The van der Waals surface area contributed by atoms with E-state index in [0.717, 1.165) is 44.5 Å². The lowest BCUT2D eigenvalue weighted by molar-refractivity contribution is -0.000694. The van der Waals surface area contributed by atoms with Crippen LogP contribution in [0.15, 0.2) is 322 Å². The monoisotopic (exact) mass is 1590 g/mol. The van der Waals surface area contributed by atoms with E-state index in [4.69, 9.17) is 52.1 Å². The van der Waals surface area contributed by atoms with Crippen molar-refractivity contribution in [1.82, 2.24) is 0 Å². The van der Waals surface area contributed by atoms with Crippen molar-refractivity contribution in [2.45, 2.75) is 108 Å². The van der Waals surface area contributed by atoms with Crippen molar-refractivity contribution >= 4 is 0 Å². The maximum atomic E-state index is 14.8. The van der Waals surface area contributed by atoms with Crippen LogP contribution in [0.25, 0.3) is 0 Å². The van der Waals surface area contributed by atoms with E-state index in [1.165, 1.54) is 18.2 Å². The lowest BCUT2D eigenvalue weighted by atomic mass is 9.73. The van der Waals surface area contributed by atoms with E-state index in [-0.39, 0.29) is 115 Å². The van der Waals surface area contributed by atoms with Gasteiger partial charge in [-0.25, -0.2) is 0 Å². The molecule has 3 aliphatic heterocycles. The Kier molecular flexibility index (Phi) is 23.2. The van der Waals surface area contributed by atoms with Crippen molar-refractivity contribution in [3.05, 3.63) is 411 Å². The summed E-state index contributed by atoms with van der Waals surface area (Å²) in [5.41, 5.74) is 7.65. The van der Waals surface area contributed by atoms with E-state index in [1.807, 2.05) is 243 Å². The molecule has 3 aliphatic rings. The summed E-state index contributed by atoms with van der Waals surface area (Å²) in [6.45, 7) is 0.792. The SMILES string of the molecule is Oc1ccc(C2Oc3c(c(O)c(C4c5c(OCc6ccccc6)cc(OCc6ccccc6)cc5OC(c5ccc(OCc6ccccc6)c(OCc6ccccc6)c5)C4O)c(O)c3C3c4c(OCc5ccccc5)cc(OCc5ccccc5)cc4OC(c4ccc(OCc5ccccc5)c(OCc5ccccc5)c4)C3O)CC2O)cc1O. The van der Waals surface area contributed by atoms with Gasteiger partial charge in [0.1, 0.15) is 123 Å². The van der Waals surface area contributed by atoms with Crippen LogP contribution in [0.3, 0.4) is 0 Å². The molecule has 598 valence electrons. The molecule has 8 atom stereocenters. The van der Waals surface area contributed by atoms with E-state index >= 15 is 0 Å². The maximum Gasteiger partial charge on any atom is 0.162 e. The molecule has 119 heavy (non-hydrogen) atoms. The van der Waals surface area contributed by atoms with E-state index < -0.39 is 77.9 Å². The number of phenolic OH excluding ortho intramolecular Hbond substituents is 4. The van der Waals surface area contributed by atoms with Gasteiger partial charge in [0.15, 0.2) is 46.7 Å². The first-order valence-electron chi connectivity index (χ1n) is 39.5. The minimum absolute atomic E-state index is 0.0236. The van der Waals surface area contributed by atoms with Crippen LogP contribution in [0.5, 0.6) is 86.2 Å². The van der Waals surface area contributed by atoms with E-state index in [1.54, 1.807) is 60.7 Å². The molecular weight excluding hydrogens is 1500 g/mol. The number of aliphatic hydroxyl groups is 3. The fourth-order valence-corrected chi connectivity index (χ4v) is 15.6. The molecule has 0 saturated carbocycles. The highest BCUT2D eigenvalue weighted by atomic mass is 16.5. The van der Waals surface area contributed by atoms with Gasteiger partial charge in [0.25, 0.3) is 0 Å². The van der Waals surface area contributed by atoms with Crippen LogP contribution in [0.2, 0.25) is 0 Å². The summed E-state index contributed by atoms with van der Waals surface area (Å²) in [5.74, 6) is -3.05. The number of aromatic hydroxyl groups is 4. The van der Waals surface area contributed by atoms with E-state index in [9.17, 15) is 35.7 Å². The van der Waals surface area contributed by atoms with Crippen LogP contribution in [-0.4, -0.2) is 54.1 Å². The molecule has 18 heteroatoms. The zero-order valence-electron chi connectivity index (χ0n) is 64.7. The topological polar surface area (TPSA) is 243 Å². The Morgan fingerprint density at radius 2 is 0.571 bits per heavy atom. The Balaban J connectivity index is 0.900. The summed E-state index contributed by atoms with van der Waals surface area (Å²) in [4.78, 5) is 0. The number of hydrogen-bond donors (Lipinski definition) is 7. The van der Waals surface area contributed by atoms with Crippen LogP contribution in [0.4, 0.5) is 0 Å². The smallest absolute Gasteiger partial charge is 0.162 e. The lowest BCUT2D eigenvalue weighted by Gasteiger charge is -2.43. The predicted octanol–water partition coefficient (Wildman–Crippen LogP) is 19.4. The number of fused-ring (bicyclic) bond motifs is 3. The second-order valence-electron chi connectivity index (χ2n) is 29.7. The summed E-state index contributed by atoms with van der Waals surface area (Å²) in [6, 6.07) is 98.3. The molecule has 0 bridgehead atoms. The zero-order chi connectivity index (χ0) is 81.1. The summed E-state index contributed by atoms with van der Waals surface area (Å²) in [6.07, 6.45) is -9.70. The van der Waals surface area contributed by atoms with Crippen molar-refractivity contribution in [1.29, 1.82) is 0 Å². The van der Waals surface area contributed by atoms with Crippen LogP contribution in [0, 0.1) is 0 Å². The molecule has 0 saturated heterocycles. The molecule has 0 fully saturated rings. The minimum Gasteiger partial charge on any atom is -0.507 e. The fraction of sp³-hybridized carbons (Fsp3) is 0.168. The summed E-state index contributed by atoms with van der Waals surface area (Å²) >= 11 is 0. The highest BCUT2D eigenvalue weighted by Gasteiger charge is 2.51. The van der Waals surface area contributed by atoms with Gasteiger partial charge in [-0.05, 0) is 97.6 Å². The Labute approximate surface area is 688 Å². The number of rotatable bonds is 29. The third-order valence-corrected chi connectivity index (χ3v) is 21.6. The molecule has 0 aromatic heterocycles. The van der Waals surface area contributed by atoms with Gasteiger partial charge in [-0.3, -0.25) is 0 Å². The van der Waals surface area contributed by atoms with Crippen molar-refractivity contribution in [2.75, 3.05) is 0 Å². The van der Waals surface area contributed by atoms with Gasteiger partial charge in [-0.15, -0.1) is 0 Å². The molecule has 14 aromatic carbocycles. The molecule has 0 radical (unpaired) electrons. The highest BCUT2D eigenvalue weighted by Crippen LogP contribution is 2.63. The minimum atomic E-state index is -1.80. The van der Waals surface area contributed by atoms with Crippen molar-refractivity contribution in [3.63, 3.8) is 0 Å². The number of phenols is 4. The lowest BCUT2D eigenvalue weighted by Crippen LogP contribution is -2.38. The first kappa shape index (κ1) is 77.5. The van der Waals surface area contributed by atoms with Gasteiger partial charge in [0.2, 0.25) is 0 Å². The number of aliphatic hydroxyl groups excluding tert-OH is 3. The van der Waals surface area contributed by atoms with Gasteiger partial charge < -0.3 is 87.9 Å². The fourth-order valence-electron chi connectivity index (χ4n) is 15.6. The average molecular weight is 1590 g/mol. The molecule has 0 spiro atoms. The van der Waals surface area contributed by atoms with Gasteiger partial charge >= 0.3 is 0 Å². The van der Waals surface area contributed by atoms with Crippen molar-refractivity contribution < 1.29 is 87.9 Å². The molecule has 0 amide bonds. The first-order valence-corrected chi connectivity index (χ1v) is 39.5. The normalized spacial score (nSPS) is 17.6. The number of benzene rings is 14. The third-order valence-electron chi connectivity index (χ3n) is 21.6. The maximum absolute atomic E-state index is 14.8. The standard InChI is InChI=1S/C101H86O18/c102-77-44-41-71(47-78(77)103)98-79(104)54-76-94(105)92(90-88-84(115-61-69-37-21-7-22-38-69)50-74(109-55-63-25-9-1-10-26-63)52-86(88)117-99(96(90)107)72-42-45-80(111-57-65-29-13-3-14-30-65)82(48-72)113-59-67-33-17-5-18-34-67)95(106)93(101(76)119-98)91-89-85(116-62-70-39-23-8-24-40-70)51-75(110-56-64-27-11-2-12-28-64)53-87(89)118-100(97(91)108)73-43-46-81(112-58-66-31-15-4-16-32-66)83(49-73)114-60-68-35-19-6-20-36-68/h1-53,79,90-91,96-100,102-108H,54-62H2. The highest BCUT2D eigenvalue weighted by molar-refractivity contribution is 5.73. The van der Waals surface area contributed by atoms with E-state index in [0.29, 0.717) is 45.6 Å². The van der Waals surface area contributed by atoms with E-state index in [2.05, 4.69) is 0 Å². The van der Waals surface area contributed by atoms with Crippen LogP contribution < -0.4 is 52.1 Å². The Hall–Kier alpha value is -14.0.